The number of carbonyl (C=O) groups is 3. The number of benzene rings is 1. The maximum absolute atomic E-state index is 12.9. The lowest BCUT2D eigenvalue weighted by atomic mass is 9.61. The molecule has 0 amide bonds. The molecule has 6 nitrogen and oxygen atoms in total. The van der Waals surface area contributed by atoms with E-state index in [1.165, 1.54) is 6.92 Å². The number of ketones is 1. The number of carbonyl (C=O) groups excluding carboxylic acids is 3. The van der Waals surface area contributed by atoms with E-state index >= 15 is 0 Å². The quantitative estimate of drug-likeness (QED) is 0.591. The fourth-order valence-corrected chi connectivity index (χ4v) is 3.84. The number of halogens is 1. The maximum atomic E-state index is 12.9. The zero-order valence-electron chi connectivity index (χ0n) is 16.8. The Balaban J connectivity index is 2.59. The van der Waals surface area contributed by atoms with Gasteiger partial charge in [-0.2, -0.15) is 0 Å². The molecule has 1 aromatic rings. The van der Waals surface area contributed by atoms with Gasteiger partial charge in [0, 0.05) is 17.4 Å². The highest BCUT2D eigenvalue weighted by molar-refractivity contribution is 6.30. The monoisotopic (exact) mass is 410 g/mol. The van der Waals surface area contributed by atoms with Crippen molar-refractivity contribution in [3.63, 3.8) is 0 Å². The Kier molecular flexibility index (Phi) is 6.88. The van der Waals surface area contributed by atoms with E-state index in [0.29, 0.717) is 10.6 Å². The lowest BCUT2D eigenvalue weighted by Crippen LogP contribution is -2.55. The molecule has 28 heavy (non-hydrogen) atoms. The van der Waals surface area contributed by atoms with Crippen LogP contribution in [0.15, 0.2) is 24.3 Å². The van der Waals surface area contributed by atoms with Crippen LogP contribution in [0.4, 0.5) is 0 Å². The topological polar surface area (TPSA) is 89.9 Å². The molecule has 0 saturated heterocycles. The third kappa shape index (κ3) is 4.92. The second-order valence-electron chi connectivity index (χ2n) is 8.00. The number of ether oxygens (including phenoxy) is 2. The van der Waals surface area contributed by atoms with Crippen LogP contribution in [0.1, 0.15) is 52.5 Å². The van der Waals surface area contributed by atoms with Crippen LogP contribution in [0.2, 0.25) is 5.02 Å². The van der Waals surface area contributed by atoms with E-state index in [9.17, 15) is 19.5 Å². The molecule has 0 spiro atoms. The van der Waals surface area contributed by atoms with Gasteiger partial charge in [0.05, 0.1) is 23.7 Å². The number of aliphatic hydroxyl groups is 1. The van der Waals surface area contributed by atoms with Crippen molar-refractivity contribution >= 4 is 29.3 Å². The van der Waals surface area contributed by atoms with Gasteiger partial charge in [0.2, 0.25) is 0 Å². The van der Waals surface area contributed by atoms with Gasteiger partial charge in [-0.05, 0) is 52.3 Å². The first-order chi connectivity index (χ1) is 12.9. The summed E-state index contributed by atoms with van der Waals surface area (Å²) in [5.41, 5.74) is -1.13. The molecule has 1 fully saturated rings. The number of rotatable bonds is 5. The SMILES string of the molecule is CC(C)OC(=O)[C@H]1C(=O)C[C@](C)(O)[C@@H](C(=O)OC(C)C)[C@@H]1c1ccc(Cl)cc1. The van der Waals surface area contributed by atoms with E-state index in [1.807, 2.05) is 0 Å². The Hall–Kier alpha value is -1.92. The molecule has 7 heteroatoms. The molecular weight excluding hydrogens is 384 g/mol. The maximum Gasteiger partial charge on any atom is 0.317 e. The summed E-state index contributed by atoms with van der Waals surface area (Å²) in [6.07, 6.45) is -1.17. The highest BCUT2D eigenvalue weighted by Crippen LogP contribution is 2.47. The highest BCUT2D eigenvalue weighted by atomic mass is 35.5. The summed E-state index contributed by atoms with van der Waals surface area (Å²) in [5, 5.41) is 11.4. The van der Waals surface area contributed by atoms with Crippen LogP contribution in [0.25, 0.3) is 0 Å². The van der Waals surface area contributed by atoms with Gasteiger partial charge in [-0.3, -0.25) is 14.4 Å². The van der Waals surface area contributed by atoms with Crippen LogP contribution >= 0.6 is 11.6 Å². The third-order valence-electron chi connectivity index (χ3n) is 4.73. The highest BCUT2D eigenvalue weighted by Gasteiger charge is 2.57. The minimum absolute atomic E-state index is 0.340. The molecule has 2 rings (SSSR count). The van der Waals surface area contributed by atoms with E-state index in [1.54, 1.807) is 52.0 Å². The van der Waals surface area contributed by atoms with Gasteiger partial charge >= 0.3 is 11.9 Å². The zero-order chi connectivity index (χ0) is 21.2. The number of esters is 2. The number of Topliss-reactive ketones (excluding diaryl/α,β-unsaturated/α-hetero) is 1. The second kappa shape index (κ2) is 8.62. The second-order valence-corrected chi connectivity index (χ2v) is 8.44. The average Bonchev–Trinajstić information content (AvgIpc) is 2.52. The van der Waals surface area contributed by atoms with Gasteiger partial charge < -0.3 is 14.6 Å². The summed E-state index contributed by atoms with van der Waals surface area (Å²) in [5.74, 6) is -5.09. The first-order valence-electron chi connectivity index (χ1n) is 9.35. The Bertz CT molecular complexity index is 730. The zero-order valence-corrected chi connectivity index (χ0v) is 17.5. The molecule has 0 aromatic heterocycles. The minimum atomic E-state index is -1.66. The number of hydrogen-bond donors (Lipinski definition) is 1. The summed E-state index contributed by atoms with van der Waals surface area (Å²) in [6, 6.07) is 6.51. The van der Waals surface area contributed by atoms with Gasteiger partial charge in [0.1, 0.15) is 5.92 Å². The number of hydrogen-bond acceptors (Lipinski definition) is 6. The summed E-state index contributed by atoms with van der Waals surface area (Å²) in [6.45, 7) is 8.18. The van der Waals surface area contributed by atoms with Gasteiger partial charge in [-0.15, -0.1) is 0 Å². The fourth-order valence-electron chi connectivity index (χ4n) is 3.71. The molecule has 1 aliphatic carbocycles. The summed E-state index contributed by atoms with van der Waals surface area (Å²) >= 11 is 5.97. The molecule has 0 unspecified atom stereocenters. The molecule has 1 aliphatic rings. The first kappa shape index (κ1) is 22.4. The van der Waals surface area contributed by atoms with Crippen molar-refractivity contribution in [3.8, 4) is 0 Å². The standard InChI is InChI=1S/C21H27ClO6/c1-11(2)27-19(24)17-15(23)10-21(5,26)18(20(25)28-12(3)4)16(17)13-6-8-14(22)9-7-13/h6-9,11-12,16-18,26H,10H2,1-5H3/t16-,17+,18-,21+/m1/s1. The molecule has 0 bridgehead atoms. The molecule has 0 radical (unpaired) electrons. The van der Waals surface area contributed by atoms with Crippen LogP contribution in [0.3, 0.4) is 0 Å². The summed E-state index contributed by atoms with van der Waals surface area (Å²) in [4.78, 5) is 38.5. The molecule has 4 atom stereocenters. The van der Waals surface area contributed by atoms with Crippen molar-refractivity contribution in [3.05, 3.63) is 34.9 Å². The molecule has 1 N–H and O–H groups in total. The fraction of sp³-hybridized carbons (Fsp3) is 0.571. The van der Waals surface area contributed by atoms with Crippen LogP contribution < -0.4 is 0 Å². The van der Waals surface area contributed by atoms with Gasteiger partial charge in [0.15, 0.2) is 5.78 Å². The van der Waals surface area contributed by atoms with Crippen molar-refractivity contribution in [1.29, 1.82) is 0 Å². The Morgan fingerprint density at radius 1 is 1.07 bits per heavy atom. The molecular formula is C21H27ClO6. The van der Waals surface area contributed by atoms with Crippen LogP contribution in [0.5, 0.6) is 0 Å². The predicted molar refractivity (Wildman–Crippen MR) is 104 cm³/mol. The summed E-state index contributed by atoms with van der Waals surface area (Å²) in [7, 11) is 0. The van der Waals surface area contributed by atoms with Crippen LogP contribution in [-0.2, 0) is 23.9 Å². The molecule has 0 heterocycles. The van der Waals surface area contributed by atoms with Gasteiger partial charge in [-0.1, -0.05) is 23.7 Å². The Labute approximate surface area is 170 Å². The van der Waals surface area contributed by atoms with Crippen LogP contribution in [-0.4, -0.2) is 40.6 Å². The van der Waals surface area contributed by atoms with E-state index in [-0.39, 0.29) is 6.42 Å². The van der Waals surface area contributed by atoms with E-state index in [2.05, 4.69) is 0 Å². The first-order valence-corrected chi connectivity index (χ1v) is 9.73. The van der Waals surface area contributed by atoms with E-state index < -0.39 is 53.3 Å². The van der Waals surface area contributed by atoms with Gasteiger partial charge in [-0.25, -0.2) is 0 Å². The summed E-state index contributed by atoms with van der Waals surface area (Å²) < 4.78 is 10.7. The molecule has 1 saturated carbocycles. The molecule has 1 aromatic carbocycles. The smallest absolute Gasteiger partial charge is 0.317 e. The minimum Gasteiger partial charge on any atom is -0.463 e. The van der Waals surface area contributed by atoms with Crippen molar-refractivity contribution < 1.29 is 29.0 Å². The van der Waals surface area contributed by atoms with Crippen molar-refractivity contribution in [2.75, 3.05) is 0 Å². The van der Waals surface area contributed by atoms with Crippen molar-refractivity contribution in [2.24, 2.45) is 11.8 Å². The van der Waals surface area contributed by atoms with Crippen molar-refractivity contribution in [2.45, 2.75) is 64.8 Å². The van der Waals surface area contributed by atoms with E-state index in [0.717, 1.165) is 0 Å². The van der Waals surface area contributed by atoms with Gasteiger partial charge in [0.25, 0.3) is 0 Å². The third-order valence-corrected chi connectivity index (χ3v) is 4.99. The molecule has 0 aliphatic heterocycles. The van der Waals surface area contributed by atoms with E-state index in [4.69, 9.17) is 21.1 Å². The Morgan fingerprint density at radius 2 is 1.57 bits per heavy atom. The predicted octanol–water partition coefficient (Wildman–Crippen LogP) is 3.28. The largest absolute Gasteiger partial charge is 0.463 e. The molecule has 154 valence electrons. The lowest BCUT2D eigenvalue weighted by molar-refractivity contribution is -0.176. The van der Waals surface area contributed by atoms with Crippen LogP contribution in [0, 0.1) is 11.8 Å². The average molecular weight is 411 g/mol. The lowest BCUT2D eigenvalue weighted by Gasteiger charge is -2.44. The Morgan fingerprint density at radius 3 is 2.07 bits per heavy atom. The van der Waals surface area contributed by atoms with Crippen molar-refractivity contribution in [1.82, 2.24) is 0 Å². The normalized spacial score (nSPS) is 27.8.